The van der Waals surface area contributed by atoms with Gasteiger partial charge < -0.3 is 18.9 Å². The van der Waals surface area contributed by atoms with Gasteiger partial charge in [0.05, 0.1) is 44.5 Å². The number of anilines is 1. The van der Waals surface area contributed by atoms with Crippen LogP contribution in [0.2, 0.25) is 0 Å². The number of morpholine rings is 1. The molecule has 0 bridgehead atoms. The first-order chi connectivity index (χ1) is 20.3. The van der Waals surface area contributed by atoms with Crippen LogP contribution in [0.25, 0.3) is 0 Å². The third-order valence-electron chi connectivity index (χ3n) is 8.32. The summed E-state index contributed by atoms with van der Waals surface area (Å²) in [5.41, 5.74) is 0.0238. The van der Waals surface area contributed by atoms with Crippen LogP contribution in [0.4, 0.5) is 32.0 Å². The molecule has 2 fully saturated rings. The molecular weight excluding hydrogens is 580 g/mol. The van der Waals surface area contributed by atoms with Gasteiger partial charge in [0, 0.05) is 49.8 Å². The van der Waals surface area contributed by atoms with Gasteiger partial charge in [0.15, 0.2) is 0 Å². The Morgan fingerprint density at radius 2 is 1.88 bits per heavy atom. The zero-order valence-electron chi connectivity index (χ0n) is 23.2. The summed E-state index contributed by atoms with van der Waals surface area (Å²) in [6, 6.07) is 9.60. The van der Waals surface area contributed by atoms with Crippen LogP contribution in [0.3, 0.4) is 0 Å². The molecule has 4 heterocycles. The molecule has 3 aliphatic heterocycles. The normalized spacial score (nSPS) is 20.8. The molecule has 6 rings (SSSR count). The fraction of sp³-hybridized carbons (Fsp3) is 0.483. The highest BCUT2D eigenvalue weighted by Gasteiger charge is 2.44. The van der Waals surface area contributed by atoms with E-state index in [9.17, 15) is 31.1 Å². The smallest absolute Gasteiger partial charge is 0.379 e. The van der Waals surface area contributed by atoms with Crippen LogP contribution in [-0.4, -0.2) is 70.8 Å². The fourth-order valence-corrected chi connectivity index (χ4v) is 6.08. The molecule has 2 saturated heterocycles. The lowest BCUT2D eigenvalue weighted by molar-refractivity contribution is -0.171. The maximum absolute atomic E-state index is 14.3. The van der Waals surface area contributed by atoms with E-state index >= 15 is 0 Å². The van der Waals surface area contributed by atoms with Gasteiger partial charge in [0.1, 0.15) is 12.2 Å². The zero-order valence-corrected chi connectivity index (χ0v) is 23.2. The first-order valence-corrected chi connectivity index (χ1v) is 13.8. The third-order valence-corrected chi connectivity index (χ3v) is 8.32. The van der Waals surface area contributed by atoms with E-state index in [1.54, 1.807) is 23.4 Å². The summed E-state index contributed by atoms with van der Waals surface area (Å²) >= 11 is 0. The Kier molecular flexibility index (Phi) is 7.50. The average Bonchev–Trinajstić information content (AvgIpc) is 3.46. The summed E-state index contributed by atoms with van der Waals surface area (Å²) < 4.78 is 94.1. The number of hydrogen-bond acceptors (Lipinski definition) is 6. The molecular formula is C29H29F6N5O3. The predicted molar refractivity (Wildman–Crippen MR) is 141 cm³/mol. The Labute approximate surface area is 243 Å². The van der Waals surface area contributed by atoms with Crippen molar-refractivity contribution in [2.24, 2.45) is 7.05 Å². The zero-order chi connectivity index (χ0) is 30.6. The molecule has 1 aromatic heterocycles. The minimum atomic E-state index is -4.73. The second-order valence-corrected chi connectivity index (χ2v) is 11.5. The van der Waals surface area contributed by atoms with E-state index in [2.05, 4.69) is 10.2 Å². The van der Waals surface area contributed by atoms with Crippen LogP contribution in [-0.2, 0) is 47.6 Å². The second kappa shape index (κ2) is 10.9. The number of amides is 1. The number of nitrogens with zero attached hydrogens (tertiary/aromatic N) is 5. The van der Waals surface area contributed by atoms with E-state index < -0.39 is 41.8 Å². The molecule has 43 heavy (non-hydrogen) atoms. The van der Waals surface area contributed by atoms with E-state index in [1.165, 1.54) is 11.0 Å². The van der Waals surface area contributed by atoms with Gasteiger partial charge in [-0.3, -0.25) is 9.69 Å². The molecule has 3 aromatic rings. The first-order valence-electron chi connectivity index (χ1n) is 13.8. The summed E-state index contributed by atoms with van der Waals surface area (Å²) in [4.78, 5) is 16.6. The standard InChI is InChI=1S/C29H29F6N5O3/c1-38-17-36-37-25(38)11-27(15-42-16-27)19-3-2-4-20(9-19)40-14-23-22(26(40)41)7-18(8-24(23)29(33,34)35)12-39-5-6-43-21(13-39)10-28(30,31)32/h2-4,7-9,17,21H,5-6,10-16H2,1H3. The van der Waals surface area contributed by atoms with Crippen LogP contribution in [0.15, 0.2) is 42.7 Å². The summed E-state index contributed by atoms with van der Waals surface area (Å²) in [5.74, 6) is 0.189. The van der Waals surface area contributed by atoms with Crippen LogP contribution in [0.1, 0.15) is 44.9 Å². The summed E-state index contributed by atoms with van der Waals surface area (Å²) in [6.45, 7) is 0.759. The number of alkyl halides is 6. The Morgan fingerprint density at radius 3 is 2.53 bits per heavy atom. The van der Waals surface area contributed by atoms with Gasteiger partial charge in [-0.05, 0) is 41.0 Å². The minimum Gasteiger partial charge on any atom is -0.379 e. The maximum atomic E-state index is 14.3. The molecule has 0 radical (unpaired) electrons. The van der Waals surface area contributed by atoms with Gasteiger partial charge in [-0.1, -0.05) is 12.1 Å². The van der Waals surface area contributed by atoms with Crippen molar-refractivity contribution in [3.8, 4) is 0 Å². The third kappa shape index (κ3) is 6.00. The molecule has 1 atom stereocenters. The van der Waals surface area contributed by atoms with Crippen LogP contribution >= 0.6 is 0 Å². The molecule has 14 heteroatoms. The topological polar surface area (TPSA) is 72.7 Å². The maximum Gasteiger partial charge on any atom is 0.416 e. The van der Waals surface area contributed by atoms with Crippen molar-refractivity contribution in [2.75, 3.05) is 37.8 Å². The number of halogens is 6. The Bertz CT molecular complexity index is 1520. The molecule has 230 valence electrons. The van der Waals surface area contributed by atoms with E-state index in [0.29, 0.717) is 25.3 Å². The largest absolute Gasteiger partial charge is 0.416 e. The number of hydrogen-bond donors (Lipinski definition) is 0. The van der Waals surface area contributed by atoms with Gasteiger partial charge in [-0.15, -0.1) is 10.2 Å². The van der Waals surface area contributed by atoms with Gasteiger partial charge in [0.25, 0.3) is 5.91 Å². The Balaban J connectivity index is 1.27. The van der Waals surface area contributed by atoms with Gasteiger partial charge in [0.2, 0.25) is 0 Å². The van der Waals surface area contributed by atoms with Gasteiger partial charge in [-0.25, -0.2) is 0 Å². The van der Waals surface area contributed by atoms with Crippen molar-refractivity contribution in [1.29, 1.82) is 0 Å². The van der Waals surface area contributed by atoms with Crippen molar-refractivity contribution in [3.05, 3.63) is 76.4 Å². The highest BCUT2D eigenvalue weighted by atomic mass is 19.4. The SMILES string of the molecule is Cn1cnnc1CC1(c2cccc(N3Cc4c(cc(CN5CCOC(CC(F)(F)F)C5)cc4C(F)(F)F)C3=O)c2)COC1. The molecule has 3 aliphatic rings. The van der Waals surface area contributed by atoms with E-state index in [-0.39, 0.29) is 49.5 Å². The molecule has 8 nitrogen and oxygen atoms in total. The molecule has 0 aliphatic carbocycles. The lowest BCUT2D eigenvalue weighted by atomic mass is 9.75. The number of carbonyl (C=O) groups excluding carboxylic acids is 1. The van der Waals surface area contributed by atoms with Gasteiger partial charge in [-0.2, -0.15) is 26.3 Å². The summed E-state index contributed by atoms with van der Waals surface area (Å²) in [6.07, 6.45) is -9.25. The molecule has 0 spiro atoms. The van der Waals surface area contributed by atoms with Crippen molar-refractivity contribution < 1.29 is 40.6 Å². The van der Waals surface area contributed by atoms with Crippen LogP contribution in [0.5, 0.6) is 0 Å². The summed E-state index contributed by atoms with van der Waals surface area (Å²) in [7, 11) is 1.84. The molecule has 0 N–H and O–H groups in total. The quantitative estimate of drug-likeness (QED) is 0.363. The van der Waals surface area contributed by atoms with E-state index in [4.69, 9.17) is 9.47 Å². The number of aromatic nitrogens is 3. The molecule has 0 saturated carbocycles. The number of rotatable bonds is 7. The number of aryl methyl sites for hydroxylation is 1. The van der Waals surface area contributed by atoms with E-state index in [0.717, 1.165) is 17.5 Å². The number of ether oxygens (including phenoxy) is 2. The number of fused-ring (bicyclic) bond motifs is 1. The lowest BCUT2D eigenvalue weighted by Gasteiger charge is -2.42. The molecule has 1 amide bonds. The lowest BCUT2D eigenvalue weighted by Crippen LogP contribution is -2.49. The fourth-order valence-electron chi connectivity index (χ4n) is 6.08. The van der Waals surface area contributed by atoms with Crippen molar-refractivity contribution in [2.45, 2.75) is 49.8 Å². The minimum absolute atomic E-state index is 0.0318. The Morgan fingerprint density at radius 1 is 1.09 bits per heavy atom. The summed E-state index contributed by atoms with van der Waals surface area (Å²) in [5, 5.41) is 8.11. The van der Waals surface area contributed by atoms with Crippen LogP contribution < -0.4 is 4.90 Å². The van der Waals surface area contributed by atoms with Gasteiger partial charge >= 0.3 is 12.4 Å². The average molecular weight is 610 g/mol. The monoisotopic (exact) mass is 609 g/mol. The highest BCUT2D eigenvalue weighted by molar-refractivity contribution is 6.10. The van der Waals surface area contributed by atoms with Crippen LogP contribution in [0, 0.1) is 0 Å². The number of carbonyl (C=O) groups is 1. The van der Waals surface area contributed by atoms with Crippen molar-refractivity contribution in [3.63, 3.8) is 0 Å². The predicted octanol–water partition coefficient (Wildman–Crippen LogP) is 4.66. The first kappa shape index (κ1) is 29.6. The number of benzene rings is 2. The van der Waals surface area contributed by atoms with Crippen molar-refractivity contribution in [1.82, 2.24) is 19.7 Å². The van der Waals surface area contributed by atoms with E-state index in [1.807, 2.05) is 23.7 Å². The molecule has 1 unspecified atom stereocenters. The Hall–Kier alpha value is -3.49. The van der Waals surface area contributed by atoms with Crippen molar-refractivity contribution >= 4 is 11.6 Å². The second-order valence-electron chi connectivity index (χ2n) is 11.5. The molecule has 2 aromatic carbocycles. The highest BCUT2D eigenvalue weighted by Crippen LogP contribution is 2.42.